The Morgan fingerprint density at radius 3 is 2.53 bits per heavy atom. The van der Waals surface area contributed by atoms with E-state index in [1.165, 1.54) is 0 Å². The number of aliphatic carboxylic acids is 1. The van der Waals surface area contributed by atoms with E-state index in [-0.39, 0.29) is 12.5 Å². The average molecular weight is 263 g/mol. The number of amides is 1. The molecule has 2 N–H and O–H groups in total. The second kappa shape index (κ2) is 5.30. The van der Waals surface area contributed by atoms with Gasteiger partial charge >= 0.3 is 5.97 Å². The topological polar surface area (TPSA) is 75.6 Å². The fraction of sp³-hybridized carbons (Fsp3) is 0.429. The van der Waals surface area contributed by atoms with Crippen LogP contribution in [0.25, 0.3) is 0 Å². The molecule has 1 aromatic rings. The van der Waals surface area contributed by atoms with E-state index in [1.54, 1.807) is 19.1 Å². The number of carbonyl (C=O) groups excluding carboxylic acids is 1. The van der Waals surface area contributed by atoms with Gasteiger partial charge in [-0.05, 0) is 12.1 Å². The SMILES string of the molecule is CC(CNC(=O)C1(Oc2ccccc2)CC1)C(=O)O. The van der Waals surface area contributed by atoms with Crippen LogP contribution in [-0.2, 0) is 9.59 Å². The fourth-order valence-corrected chi connectivity index (χ4v) is 1.70. The number of para-hydroxylation sites is 1. The van der Waals surface area contributed by atoms with Gasteiger partial charge in [0.1, 0.15) is 5.75 Å². The van der Waals surface area contributed by atoms with E-state index in [0.717, 1.165) is 0 Å². The van der Waals surface area contributed by atoms with Crippen molar-refractivity contribution in [1.29, 1.82) is 0 Å². The number of carbonyl (C=O) groups is 2. The van der Waals surface area contributed by atoms with Crippen molar-refractivity contribution in [3.63, 3.8) is 0 Å². The molecule has 1 amide bonds. The zero-order valence-corrected chi connectivity index (χ0v) is 10.8. The first-order chi connectivity index (χ1) is 9.03. The van der Waals surface area contributed by atoms with Crippen molar-refractivity contribution in [3.8, 4) is 5.75 Å². The van der Waals surface area contributed by atoms with Crippen LogP contribution in [0.1, 0.15) is 19.8 Å². The monoisotopic (exact) mass is 263 g/mol. The van der Waals surface area contributed by atoms with Crippen molar-refractivity contribution < 1.29 is 19.4 Å². The van der Waals surface area contributed by atoms with Gasteiger partial charge in [-0.3, -0.25) is 9.59 Å². The lowest BCUT2D eigenvalue weighted by atomic mass is 10.2. The van der Waals surface area contributed by atoms with Crippen LogP contribution >= 0.6 is 0 Å². The van der Waals surface area contributed by atoms with E-state index in [0.29, 0.717) is 18.6 Å². The molecule has 1 fully saturated rings. The summed E-state index contributed by atoms with van der Waals surface area (Å²) in [4.78, 5) is 22.7. The Morgan fingerprint density at radius 1 is 1.37 bits per heavy atom. The van der Waals surface area contributed by atoms with Crippen LogP contribution < -0.4 is 10.1 Å². The molecule has 2 rings (SSSR count). The predicted octanol–water partition coefficient (Wildman–Crippen LogP) is 1.43. The maximum Gasteiger partial charge on any atom is 0.308 e. The third-order valence-corrected chi connectivity index (χ3v) is 3.16. The minimum absolute atomic E-state index is 0.119. The first-order valence-corrected chi connectivity index (χ1v) is 6.29. The average Bonchev–Trinajstić information content (AvgIpc) is 3.17. The molecule has 0 bridgehead atoms. The van der Waals surface area contributed by atoms with Crippen LogP contribution in [0.5, 0.6) is 5.75 Å². The molecular weight excluding hydrogens is 246 g/mol. The molecule has 1 saturated carbocycles. The molecule has 0 saturated heterocycles. The predicted molar refractivity (Wildman–Crippen MR) is 68.8 cm³/mol. The summed E-state index contributed by atoms with van der Waals surface area (Å²) in [6.07, 6.45) is 1.32. The molecule has 1 unspecified atom stereocenters. The second-order valence-corrected chi connectivity index (χ2v) is 4.86. The van der Waals surface area contributed by atoms with Crippen molar-refractivity contribution in [2.75, 3.05) is 6.54 Å². The standard InChI is InChI=1S/C14H17NO4/c1-10(12(16)17)9-15-13(18)14(7-8-14)19-11-5-3-2-4-6-11/h2-6,10H,7-9H2,1H3,(H,15,18)(H,16,17). The third kappa shape index (κ3) is 3.24. The molecule has 5 nitrogen and oxygen atoms in total. The van der Waals surface area contributed by atoms with Gasteiger partial charge in [0, 0.05) is 19.4 Å². The zero-order valence-electron chi connectivity index (χ0n) is 10.8. The molecule has 102 valence electrons. The van der Waals surface area contributed by atoms with Crippen molar-refractivity contribution in [2.45, 2.75) is 25.4 Å². The molecule has 1 aliphatic rings. The summed E-state index contributed by atoms with van der Waals surface area (Å²) in [7, 11) is 0. The Balaban J connectivity index is 1.90. The Bertz CT molecular complexity index is 468. The molecular formula is C14H17NO4. The van der Waals surface area contributed by atoms with Gasteiger partial charge < -0.3 is 15.2 Å². The third-order valence-electron chi connectivity index (χ3n) is 3.16. The second-order valence-electron chi connectivity index (χ2n) is 4.86. The highest BCUT2D eigenvalue weighted by Gasteiger charge is 2.52. The van der Waals surface area contributed by atoms with Gasteiger partial charge in [-0.1, -0.05) is 25.1 Å². The molecule has 1 aliphatic carbocycles. The summed E-state index contributed by atoms with van der Waals surface area (Å²) < 4.78 is 5.71. The van der Waals surface area contributed by atoms with Crippen molar-refractivity contribution in [3.05, 3.63) is 30.3 Å². The van der Waals surface area contributed by atoms with Gasteiger partial charge in [0.15, 0.2) is 5.60 Å². The zero-order chi connectivity index (χ0) is 13.9. The van der Waals surface area contributed by atoms with Crippen LogP contribution in [0.4, 0.5) is 0 Å². The minimum Gasteiger partial charge on any atom is -0.481 e. The first-order valence-electron chi connectivity index (χ1n) is 6.29. The molecule has 0 aliphatic heterocycles. The molecule has 0 spiro atoms. The maximum atomic E-state index is 12.0. The molecule has 0 radical (unpaired) electrons. The number of nitrogens with one attached hydrogen (secondary N) is 1. The molecule has 1 atom stereocenters. The number of ether oxygens (including phenoxy) is 1. The van der Waals surface area contributed by atoms with E-state index in [4.69, 9.17) is 9.84 Å². The van der Waals surface area contributed by atoms with Gasteiger partial charge in [0.25, 0.3) is 5.91 Å². The van der Waals surface area contributed by atoms with Gasteiger partial charge in [0.05, 0.1) is 5.92 Å². The van der Waals surface area contributed by atoms with Crippen molar-refractivity contribution in [2.24, 2.45) is 5.92 Å². The maximum absolute atomic E-state index is 12.0. The number of hydrogen-bond donors (Lipinski definition) is 2. The van der Waals surface area contributed by atoms with E-state index in [9.17, 15) is 9.59 Å². The Labute approximate surface area is 111 Å². The fourth-order valence-electron chi connectivity index (χ4n) is 1.70. The van der Waals surface area contributed by atoms with E-state index >= 15 is 0 Å². The van der Waals surface area contributed by atoms with Crippen LogP contribution in [0.15, 0.2) is 30.3 Å². The lowest BCUT2D eigenvalue weighted by molar-refractivity contribution is -0.141. The van der Waals surface area contributed by atoms with Crippen LogP contribution in [0, 0.1) is 5.92 Å². The lowest BCUT2D eigenvalue weighted by Gasteiger charge is -2.18. The molecule has 0 aromatic heterocycles. The van der Waals surface area contributed by atoms with Gasteiger partial charge in [-0.15, -0.1) is 0 Å². The van der Waals surface area contributed by atoms with Gasteiger partial charge in [-0.2, -0.15) is 0 Å². The Kier molecular flexibility index (Phi) is 3.74. The lowest BCUT2D eigenvalue weighted by Crippen LogP contribution is -2.43. The molecule has 5 heteroatoms. The Hall–Kier alpha value is -2.04. The summed E-state index contributed by atoms with van der Waals surface area (Å²) in [6, 6.07) is 9.16. The van der Waals surface area contributed by atoms with Crippen molar-refractivity contribution in [1.82, 2.24) is 5.32 Å². The highest BCUT2D eigenvalue weighted by atomic mass is 16.5. The van der Waals surface area contributed by atoms with Crippen molar-refractivity contribution >= 4 is 11.9 Å². The Morgan fingerprint density at radius 2 is 2.00 bits per heavy atom. The summed E-state index contributed by atoms with van der Waals surface area (Å²) in [6.45, 7) is 1.67. The molecule has 19 heavy (non-hydrogen) atoms. The smallest absolute Gasteiger partial charge is 0.308 e. The highest BCUT2D eigenvalue weighted by molar-refractivity contribution is 5.88. The van der Waals surface area contributed by atoms with Crippen LogP contribution in [0.3, 0.4) is 0 Å². The largest absolute Gasteiger partial charge is 0.481 e. The summed E-state index contributed by atoms with van der Waals surface area (Å²) >= 11 is 0. The number of benzene rings is 1. The highest BCUT2D eigenvalue weighted by Crippen LogP contribution is 2.40. The number of carboxylic acid groups (broad SMARTS) is 1. The molecule has 0 heterocycles. The van der Waals surface area contributed by atoms with Gasteiger partial charge in [-0.25, -0.2) is 0 Å². The normalized spacial score (nSPS) is 17.3. The van der Waals surface area contributed by atoms with E-state index in [1.807, 2.05) is 18.2 Å². The number of hydrogen-bond acceptors (Lipinski definition) is 3. The molecule has 1 aromatic carbocycles. The van der Waals surface area contributed by atoms with E-state index in [2.05, 4.69) is 5.32 Å². The summed E-state index contributed by atoms with van der Waals surface area (Å²) in [5.41, 5.74) is -0.806. The minimum atomic E-state index is -0.922. The number of rotatable bonds is 6. The quantitative estimate of drug-likeness (QED) is 0.814. The van der Waals surface area contributed by atoms with Crippen LogP contribution in [0.2, 0.25) is 0 Å². The van der Waals surface area contributed by atoms with Gasteiger partial charge in [0.2, 0.25) is 0 Å². The van der Waals surface area contributed by atoms with E-state index < -0.39 is 17.5 Å². The summed E-state index contributed by atoms with van der Waals surface area (Å²) in [5.74, 6) is -1.10. The number of carboxylic acids is 1. The van der Waals surface area contributed by atoms with Crippen LogP contribution in [-0.4, -0.2) is 29.1 Å². The first kappa shape index (κ1) is 13.4. The summed E-state index contributed by atoms with van der Waals surface area (Å²) in [5, 5.41) is 11.4.